The second kappa shape index (κ2) is 16.2. The van der Waals surface area contributed by atoms with Crippen molar-refractivity contribution in [2.75, 3.05) is 0 Å². The molecule has 0 fully saturated rings. The van der Waals surface area contributed by atoms with Gasteiger partial charge in [0.15, 0.2) is 0 Å². The molecular weight excluding hydrogens is 348 g/mol. The van der Waals surface area contributed by atoms with Gasteiger partial charge >= 0.3 is 5.97 Å². The van der Waals surface area contributed by atoms with Crippen LogP contribution >= 0.6 is 0 Å². The van der Waals surface area contributed by atoms with Crippen LogP contribution in [0.15, 0.2) is 30.4 Å². The largest absolute Gasteiger partial charge is 0.507 e. The fraction of sp³-hybridized carbons (Fsp3) is 0.640. The van der Waals surface area contributed by atoms with E-state index < -0.39 is 5.97 Å². The Bertz CT molecular complexity index is 563. The van der Waals surface area contributed by atoms with Crippen molar-refractivity contribution in [3.05, 3.63) is 41.5 Å². The molecule has 0 spiro atoms. The van der Waals surface area contributed by atoms with E-state index in [1.807, 2.05) is 6.07 Å². The van der Waals surface area contributed by atoms with Crippen LogP contribution in [0.1, 0.15) is 113 Å². The van der Waals surface area contributed by atoms with Crippen LogP contribution in [0.4, 0.5) is 0 Å². The predicted molar refractivity (Wildman–Crippen MR) is 118 cm³/mol. The average Bonchev–Trinajstić information content (AvgIpc) is 2.67. The van der Waals surface area contributed by atoms with Crippen molar-refractivity contribution in [1.82, 2.24) is 0 Å². The molecule has 0 atom stereocenters. The number of carbonyl (C=O) groups is 1. The highest BCUT2D eigenvalue weighted by Gasteiger charge is 2.14. The van der Waals surface area contributed by atoms with E-state index in [0.717, 1.165) is 24.8 Å². The number of aryl methyl sites for hydroxylation is 1. The summed E-state index contributed by atoms with van der Waals surface area (Å²) in [6, 6.07) is 4.97. The highest BCUT2D eigenvalue weighted by Crippen LogP contribution is 2.23. The molecule has 1 aromatic carbocycles. The molecule has 3 nitrogen and oxygen atoms in total. The van der Waals surface area contributed by atoms with Crippen LogP contribution in [0.25, 0.3) is 0 Å². The van der Waals surface area contributed by atoms with Gasteiger partial charge in [0.1, 0.15) is 11.3 Å². The minimum absolute atomic E-state index is 0.0662. The van der Waals surface area contributed by atoms with Crippen molar-refractivity contribution in [3.8, 4) is 5.75 Å². The summed E-state index contributed by atoms with van der Waals surface area (Å²) in [6.07, 6.45) is 23.1. The molecule has 0 aliphatic rings. The predicted octanol–water partition coefficient (Wildman–Crippen LogP) is 7.67. The number of carboxylic acids is 1. The Morgan fingerprint density at radius 2 is 1.36 bits per heavy atom. The SMILES string of the molecule is CCCCCCCC=CCCCCCCCCCc1cccc(O)c1C(=O)O. The third kappa shape index (κ3) is 11.2. The number of unbranched alkanes of at least 4 members (excludes halogenated alkanes) is 12. The van der Waals surface area contributed by atoms with Crippen LogP contribution in [0.2, 0.25) is 0 Å². The lowest BCUT2D eigenvalue weighted by molar-refractivity contribution is 0.0692. The Morgan fingerprint density at radius 3 is 1.93 bits per heavy atom. The van der Waals surface area contributed by atoms with Crippen molar-refractivity contribution < 1.29 is 15.0 Å². The summed E-state index contributed by atoms with van der Waals surface area (Å²) >= 11 is 0. The van der Waals surface area contributed by atoms with E-state index in [1.165, 1.54) is 83.1 Å². The zero-order valence-electron chi connectivity index (χ0n) is 17.8. The lowest BCUT2D eigenvalue weighted by Gasteiger charge is -2.07. The Balaban J connectivity index is 1.96. The van der Waals surface area contributed by atoms with E-state index in [2.05, 4.69) is 19.1 Å². The van der Waals surface area contributed by atoms with Gasteiger partial charge in [0.05, 0.1) is 0 Å². The second-order valence-corrected chi connectivity index (χ2v) is 7.80. The first-order valence-electron chi connectivity index (χ1n) is 11.4. The maximum atomic E-state index is 11.2. The van der Waals surface area contributed by atoms with Gasteiger partial charge in [-0.1, -0.05) is 89.0 Å². The van der Waals surface area contributed by atoms with E-state index >= 15 is 0 Å². The molecule has 0 aromatic heterocycles. The summed E-state index contributed by atoms with van der Waals surface area (Å²) < 4.78 is 0. The Kier molecular flexibility index (Phi) is 14.0. The number of hydrogen-bond donors (Lipinski definition) is 2. The Labute approximate surface area is 171 Å². The van der Waals surface area contributed by atoms with Crippen LogP contribution < -0.4 is 0 Å². The van der Waals surface area contributed by atoms with Crippen molar-refractivity contribution >= 4 is 5.97 Å². The van der Waals surface area contributed by atoms with Crippen molar-refractivity contribution in [3.63, 3.8) is 0 Å². The van der Waals surface area contributed by atoms with E-state index in [0.29, 0.717) is 0 Å². The van der Waals surface area contributed by atoms with E-state index in [4.69, 9.17) is 0 Å². The molecule has 158 valence electrons. The highest BCUT2D eigenvalue weighted by atomic mass is 16.4. The molecule has 0 aliphatic heterocycles. The summed E-state index contributed by atoms with van der Waals surface area (Å²) in [4.78, 5) is 11.2. The van der Waals surface area contributed by atoms with Crippen LogP contribution in [0, 0.1) is 0 Å². The fourth-order valence-corrected chi connectivity index (χ4v) is 3.60. The zero-order valence-corrected chi connectivity index (χ0v) is 17.8. The van der Waals surface area contributed by atoms with Gasteiger partial charge in [-0.15, -0.1) is 0 Å². The molecule has 2 N–H and O–H groups in total. The molecule has 1 aromatic rings. The monoisotopic (exact) mass is 388 g/mol. The molecule has 28 heavy (non-hydrogen) atoms. The molecule has 0 saturated heterocycles. The summed E-state index contributed by atoms with van der Waals surface area (Å²) in [5, 5.41) is 18.9. The van der Waals surface area contributed by atoms with E-state index in [-0.39, 0.29) is 11.3 Å². The number of aromatic carboxylic acids is 1. The van der Waals surface area contributed by atoms with Crippen molar-refractivity contribution in [1.29, 1.82) is 0 Å². The van der Waals surface area contributed by atoms with Gasteiger partial charge in [0, 0.05) is 0 Å². The molecule has 0 aliphatic carbocycles. The molecular formula is C25H40O3. The van der Waals surface area contributed by atoms with E-state index in [1.54, 1.807) is 6.07 Å². The third-order valence-corrected chi connectivity index (χ3v) is 5.30. The Hall–Kier alpha value is -1.77. The van der Waals surface area contributed by atoms with Gasteiger partial charge < -0.3 is 10.2 Å². The van der Waals surface area contributed by atoms with E-state index in [9.17, 15) is 15.0 Å². The number of aromatic hydroxyl groups is 1. The number of phenols is 1. The first-order chi connectivity index (χ1) is 13.7. The second-order valence-electron chi connectivity index (χ2n) is 7.80. The summed E-state index contributed by atoms with van der Waals surface area (Å²) in [5.41, 5.74) is 0.807. The molecule has 0 bridgehead atoms. The van der Waals surface area contributed by atoms with Crippen molar-refractivity contribution in [2.45, 2.75) is 103 Å². The summed E-state index contributed by atoms with van der Waals surface area (Å²) in [7, 11) is 0. The van der Waals surface area contributed by atoms with Crippen LogP contribution in [-0.4, -0.2) is 16.2 Å². The molecule has 0 heterocycles. The van der Waals surface area contributed by atoms with Crippen LogP contribution in [0.5, 0.6) is 5.75 Å². The maximum absolute atomic E-state index is 11.2. The summed E-state index contributed by atoms with van der Waals surface area (Å²) in [6.45, 7) is 2.26. The molecule has 0 saturated carbocycles. The van der Waals surface area contributed by atoms with Gasteiger partial charge in [-0.05, 0) is 50.2 Å². The zero-order chi connectivity index (χ0) is 20.5. The lowest BCUT2D eigenvalue weighted by Crippen LogP contribution is -2.03. The number of allylic oxidation sites excluding steroid dienone is 2. The first-order valence-corrected chi connectivity index (χ1v) is 11.4. The number of hydrogen-bond acceptors (Lipinski definition) is 2. The minimum Gasteiger partial charge on any atom is -0.507 e. The molecule has 3 heteroatoms. The molecule has 1 rings (SSSR count). The highest BCUT2D eigenvalue weighted by molar-refractivity contribution is 5.92. The Morgan fingerprint density at radius 1 is 0.821 bits per heavy atom. The average molecular weight is 389 g/mol. The van der Waals surface area contributed by atoms with Crippen LogP contribution in [0.3, 0.4) is 0 Å². The van der Waals surface area contributed by atoms with Crippen LogP contribution in [-0.2, 0) is 6.42 Å². The number of rotatable bonds is 17. The van der Waals surface area contributed by atoms with Crippen molar-refractivity contribution in [2.24, 2.45) is 0 Å². The van der Waals surface area contributed by atoms with Gasteiger partial charge in [0.2, 0.25) is 0 Å². The smallest absolute Gasteiger partial charge is 0.339 e. The van der Waals surface area contributed by atoms with Gasteiger partial charge in [-0.25, -0.2) is 4.79 Å². The molecule has 0 amide bonds. The topological polar surface area (TPSA) is 57.5 Å². The minimum atomic E-state index is -1.04. The standard InChI is InChI=1S/C25H40O3/c1-2-3-4-5-6-7-8-9-10-11-12-13-14-15-16-17-19-22-20-18-21-23(26)24(22)25(27)28/h8-9,18,20-21,26H,2-7,10-17,19H2,1H3,(H,27,28). The lowest BCUT2D eigenvalue weighted by atomic mass is 9.99. The summed E-state index contributed by atoms with van der Waals surface area (Å²) in [5.74, 6) is -1.17. The quantitative estimate of drug-likeness (QED) is 0.213. The fourth-order valence-electron chi connectivity index (χ4n) is 3.60. The molecule has 0 radical (unpaired) electrons. The van der Waals surface area contributed by atoms with Gasteiger partial charge in [0.25, 0.3) is 0 Å². The van der Waals surface area contributed by atoms with Gasteiger partial charge in [-0.3, -0.25) is 0 Å². The third-order valence-electron chi connectivity index (χ3n) is 5.30. The van der Waals surface area contributed by atoms with Gasteiger partial charge in [-0.2, -0.15) is 0 Å². The normalized spacial score (nSPS) is 11.3. The number of benzene rings is 1. The number of carboxylic acid groups (broad SMARTS) is 1. The molecule has 0 unspecified atom stereocenters. The maximum Gasteiger partial charge on any atom is 0.339 e. The first kappa shape index (κ1) is 24.3.